The van der Waals surface area contributed by atoms with Crippen LogP contribution in [0.15, 0.2) is 24.3 Å². The second-order valence-corrected chi connectivity index (χ2v) is 6.03. The van der Waals surface area contributed by atoms with Crippen LogP contribution >= 0.6 is 12.2 Å². The number of hydrogen-bond donors (Lipinski definition) is 1. The molecule has 1 aliphatic rings. The van der Waals surface area contributed by atoms with Gasteiger partial charge in [-0.1, -0.05) is 12.1 Å². The number of anilines is 1. The van der Waals surface area contributed by atoms with E-state index in [1.54, 1.807) is 7.11 Å². The summed E-state index contributed by atoms with van der Waals surface area (Å²) in [5.74, 6) is 0.951. The van der Waals surface area contributed by atoms with Crippen molar-refractivity contribution in [2.75, 3.05) is 51.3 Å². The summed E-state index contributed by atoms with van der Waals surface area (Å²) in [6.07, 6.45) is 0. The third-order valence-corrected chi connectivity index (χ3v) is 3.83. The van der Waals surface area contributed by atoms with Crippen molar-refractivity contribution in [2.24, 2.45) is 0 Å². The fourth-order valence-corrected chi connectivity index (χ4v) is 2.66. The molecule has 0 unspecified atom stereocenters. The van der Waals surface area contributed by atoms with Crippen molar-refractivity contribution in [3.63, 3.8) is 0 Å². The first-order valence-electron chi connectivity index (χ1n) is 6.80. The maximum Gasteiger partial charge on any atom is 1.00 e. The van der Waals surface area contributed by atoms with Gasteiger partial charge in [-0.05, 0) is 24.4 Å². The van der Waals surface area contributed by atoms with Gasteiger partial charge in [0.2, 0.25) is 0 Å². The first-order chi connectivity index (χ1) is 9.70. The van der Waals surface area contributed by atoms with Crippen molar-refractivity contribution in [1.29, 1.82) is 0 Å². The van der Waals surface area contributed by atoms with Crippen molar-refractivity contribution < 1.29 is 34.3 Å². The number of rotatable bonds is 5. The van der Waals surface area contributed by atoms with E-state index in [1.165, 1.54) is 5.69 Å². The van der Waals surface area contributed by atoms with E-state index in [4.69, 9.17) is 17.0 Å². The second kappa shape index (κ2) is 9.92. The quantitative estimate of drug-likeness (QED) is 0.371. The summed E-state index contributed by atoms with van der Waals surface area (Å²) < 4.78 is 6.11. The van der Waals surface area contributed by atoms with Crippen molar-refractivity contribution in [3.8, 4) is 5.75 Å². The summed E-state index contributed by atoms with van der Waals surface area (Å²) >= 11 is 8.22. The molecule has 1 heterocycles. The monoisotopic (exact) mass is 335 g/mol. The third kappa shape index (κ3) is 5.96. The fraction of sp³-hybridized carbons (Fsp3) is 0.500. The molecule has 0 radical (unpaired) electrons. The fourth-order valence-electron chi connectivity index (χ4n) is 2.43. The molecule has 0 atom stereocenters. The Labute approximate surface area is 159 Å². The summed E-state index contributed by atoms with van der Waals surface area (Å²) in [6.45, 7) is 6.08. The average Bonchev–Trinajstić information content (AvgIpc) is 2.47. The molecule has 21 heavy (non-hydrogen) atoms. The molecule has 1 aromatic carbocycles. The van der Waals surface area contributed by atoms with Crippen LogP contribution in [0.5, 0.6) is 5.75 Å². The van der Waals surface area contributed by atoms with Gasteiger partial charge in [-0.15, -0.1) is 0 Å². The molecular weight excluding hydrogens is 313 g/mol. The van der Waals surface area contributed by atoms with Gasteiger partial charge in [0.25, 0.3) is 4.32 Å². The normalized spacial score (nSPS) is 15.2. The number of piperazine rings is 1. The zero-order chi connectivity index (χ0) is 14.4. The Morgan fingerprint density at radius 1 is 1.29 bits per heavy atom. The minimum absolute atomic E-state index is 0. The van der Waals surface area contributed by atoms with Crippen molar-refractivity contribution >= 4 is 34.9 Å². The first-order valence-corrected chi connectivity index (χ1v) is 7.71. The van der Waals surface area contributed by atoms with E-state index in [0.29, 0.717) is 4.32 Å². The summed E-state index contributed by atoms with van der Waals surface area (Å²) in [4.78, 5) is 4.83. The van der Waals surface area contributed by atoms with E-state index in [9.17, 15) is 0 Å². The van der Waals surface area contributed by atoms with Crippen LogP contribution < -0.4 is 44.5 Å². The number of methoxy groups -OCH3 is 1. The summed E-state index contributed by atoms with van der Waals surface area (Å²) in [6, 6.07) is 8.21. The number of ether oxygens (including phenoxy) is 1. The molecule has 0 aromatic heterocycles. The van der Waals surface area contributed by atoms with Crippen LogP contribution in [0.4, 0.5) is 5.69 Å². The van der Waals surface area contributed by atoms with E-state index >= 15 is 0 Å². The Morgan fingerprint density at radius 2 is 1.95 bits per heavy atom. The molecule has 1 saturated heterocycles. The van der Waals surface area contributed by atoms with E-state index in [2.05, 4.69) is 39.9 Å². The number of para-hydroxylation sites is 2. The number of nitrogens with zero attached hydrogens (tertiary/aromatic N) is 2. The Balaban J connectivity index is 0.00000220. The van der Waals surface area contributed by atoms with Gasteiger partial charge >= 0.3 is 29.6 Å². The maximum atomic E-state index is 5.43. The van der Waals surface area contributed by atoms with Gasteiger partial charge in [0.15, 0.2) is 0 Å². The van der Waals surface area contributed by atoms with Crippen molar-refractivity contribution in [1.82, 2.24) is 10.2 Å². The SMILES string of the molecule is COc1ccccc1N1CCN(CCNC(=S)[SH2+])CC1.[Na+]. The average molecular weight is 335 g/mol. The van der Waals surface area contributed by atoms with Crippen LogP contribution in [-0.2, 0) is 12.6 Å². The standard InChI is InChI=1S/C14H21N3OS2.Na/c1-18-13-5-3-2-4-12(13)17-10-8-16(9-11-17)7-6-15-14(19)20;/h2-5H,6-11H2,1H3,(H2,15,19,20);/q;+1/p+1. The van der Waals surface area contributed by atoms with Gasteiger partial charge in [0.05, 0.1) is 12.8 Å². The van der Waals surface area contributed by atoms with Gasteiger partial charge in [-0.3, -0.25) is 4.90 Å². The predicted molar refractivity (Wildman–Crippen MR) is 92.4 cm³/mol. The second-order valence-electron chi connectivity index (χ2n) is 4.76. The van der Waals surface area contributed by atoms with Crippen LogP contribution in [-0.4, -0.2) is 55.6 Å². The predicted octanol–water partition coefficient (Wildman–Crippen LogP) is -2.29. The molecule has 7 heteroatoms. The van der Waals surface area contributed by atoms with Gasteiger partial charge in [0, 0.05) is 51.9 Å². The van der Waals surface area contributed by atoms with Crippen LogP contribution in [0.1, 0.15) is 0 Å². The van der Waals surface area contributed by atoms with Gasteiger partial charge in [-0.2, -0.15) is 0 Å². The molecule has 0 aliphatic carbocycles. The molecule has 1 fully saturated rings. The van der Waals surface area contributed by atoms with Gasteiger partial charge in [0.1, 0.15) is 5.75 Å². The van der Waals surface area contributed by atoms with Gasteiger partial charge < -0.3 is 15.0 Å². The van der Waals surface area contributed by atoms with Crippen molar-refractivity contribution in [2.45, 2.75) is 0 Å². The molecular formula is C14H22N3NaOS2+2. The molecule has 1 aliphatic heterocycles. The van der Waals surface area contributed by atoms with Crippen LogP contribution in [0.25, 0.3) is 0 Å². The maximum absolute atomic E-state index is 5.43. The van der Waals surface area contributed by atoms with E-state index in [0.717, 1.165) is 45.0 Å². The van der Waals surface area contributed by atoms with E-state index in [1.807, 2.05) is 12.1 Å². The Bertz CT molecular complexity index is 454. The Hall–Kier alpha value is 0.0200. The molecule has 110 valence electrons. The first kappa shape index (κ1) is 19.1. The topological polar surface area (TPSA) is 27.7 Å². The minimum Gasteiger partial charge on any atom is -0.495 e. The Kier molecular flexibility index (Phi) is 9.01. The van der Waals surface area contributed by atoms with E-state index < -0.39 is 0 Å². The molecule has 0 saturated carbocycles. The molecule has 2 rings (SSSR count). The summed E-state index contributed by atoms with van der Waals surface area (Å²) in [5, 5.41) is 3.12. The molecule has 1 aromatic rings. The minimum atomic E-state index is 0. The number of thiocarbonyl (C=S) groups is 1. The number of nitrogens with one attached hydrogen (secondary N) is 1. The van der Waals surface area contributed by atoms with Crippen LogP contribution in [0.3, 0.4) is 0 Å². The van der Waals surface area contributed by atoms with Crippen LogP contribution in [0.2, 0.25) is 0 Å². The van der Waals surface area contributed by atoms with E-state index in [-0.39, 0.29) is 29.6 Å². The number of benzene rings is 1. The van der Waals surface area contributed by atoms with Crippen molar-refractivity contribution in [3.05, 3.63) is 24.3 Å². The Morgan fingerprint density at radius 3 is 2.57 bits per heavy atom. The molecule has 1 N–H and O–H groups in total. The van der Waals surface area contributed by atoms with Gasteiger partial charge in [-0.25, -0.2) is 0 Å². The number of hydrogen-bond acceptors (Lipinski definition) is 4. The largest absolute Gasteiger partial charge is 1.00 e. The zero-order valence-electron chi connectivity index (χ0n) is 12.8. The molecule has 0 spiro atoms. The summed E-state index contributed by atoms with van der Waals surface area (Å²) in [5.41, 5.74) is 1.19. The van der Waals surface area contributed by atoms with Crippen LogP contribution in [0, 0.1) is 0 Å². The zero-order valence-corrected chi connectivity index (χ0v) is 16.6. The molecule has 0 amide bonds. The summed E-state index contributed by atoms with van der Waals surface area (Å²) in [7, 11) is 1.73. The smallest absolute Gasteiger partial charge is 0.495 e. The molecule has 0 bridgehead atoms. The third-order valence-electron chi connectivity index (χ3n) is 3.51. The molecule has 4 nitrogen and oxygen atoms in total.